The van der Waals surface area contributed by atoms with E-state index in [9.17, 15) is 4.79 Å². The van der Waals surface area contributed by atoms with Crippen molar-refractivity contribution in [1.82, 2.24) is 15.2 Å². The van der Waals surface area contributed by atoms with Gasteiger partial charge >= 0.3 is 0 Å². The minimum Gasteiger partial charge on any atom is -0.493 e. The summed E-state index contributed by atoms with van der Waals surface area (Å²) in [5.41, 5.74) is 1.48. The number of benzene rings is 1. The lowest BCUT2D eigenvalue weighted by Gasteiger charge is -2.36. The molecule has 3 rings (SSSR count). The highest BCUT2D eigenvalue weighted by Gasteiger charge is 2.29. The van der Waals surface area contributed by atoms with Gasteiger partial charge in [-0.3, -0.25) is 9.78 Å². The number of methoxy groups -OCH3 is 1. The minimum atomic E-state index is -0.0939. The van der Waals surface area contributed by atoms with Crippen LogP contribution in [0.5, 0.6) is 11.5 Å². The molecule has 0 spiro atoms. The summed E-state index contributed by atoms with van der Waals surface area (Å²) in [6, 6.07) is 7.10. The van der Waals surface area contributed by atoms with Gasteiger partial charge in [-0.05, 0) is 30.7 Å². The molecule has 146 valence electrons. The number of nitrogens with zero attached hydrogens (tertiary/aromatic N) is 2. The highest BCUT2D eigenvalue weighted by Crippen LogP contribution is 2.37. The minimum absolute atomic E-state index is 0. The van der Waals surface area contributed by atoms with Crippen LogP contribution in [0, 0.1) is 0 Å². The number of nitrogens with one attached hydrogen (secondary N) is 1. The second kappa shape index (κ2) is 9.78. The first-order valence-corrected chi connectivity index (χ1v) is 8.95. The van der Waals surface area contributed by atoms with E-state index < -0.39 is 0 Å². The lowest BCUT2D eigenvalue weighted by atomic mass is 10.0. The Bertz CT molecular complexity index is 774. The van der Waals surface area contributed by atoms with E-state index in [-0.39, 0.29) is 24.4 Å². The van der Waals surface area contributed by atoms with Gasteiger partial charge < -0.3 is 19.7 Å². The molecule has 1 aromatic carbocycles. The summed E-state index contributed by atoms with van der Waals surface area (Å²) >= 11 is 6.33. The number of carbonyl (C=O) groups is 1. The molecule has 2 aromatic rings. The van der Waals surface area contributed by atoms with Crippen LogP contribution in [0.4, 0.5) is 0 Å². The second-order valence-corrected chi connectivity index (χ2v) is 6.33. The molecule has 27 heavy (non-hydrogen) atoms. The zero-order valence-corrected chi connectivity index (χ0v) is 16.8. The molecule has 1 aromatic heterocycles. The van der Waals surface area contributed by atoms with Gasteiger partial charge in [0.1, 0.15) is 0 Å². The molecule has 1 aliphatic rings. The van der Waals surface area contributed by atoms with Crippen LogP contribution < -0.4 is 14.8 Å². The highest BCUT2D eigenvalue weighted by molar-refractivity contribution is 6.32. The lowest BCUT2D eigenvalue weighted by molar-refractivity contribution is 0.0633. The predicted molar refractivity (Wildman–Crippen MR) is 107 cm³/mol. The summed E-state index contributed by atoms with van der Waals surface area (Å²) in [5.74, 6) is 0.816. The molecule has 0 saturated carbocycles. The average molecular weight is 412 g/mol. The Morgan fingerprint density at radius 1 is 1.44 bits per heavy atom. The fourth-order valence-corrected chi connectivity index (χ4v) is 3.38. The first-order valence-electron chi connectivity index (χ1n) is 8.57. The maximum absolute atomic E-state index is 13.2. The monoisotopic (exact) mass is 411 g/mol. The number of halogens is 2. The summed E-state index contributed by atoms with van der Waals surface area (Å²) in [7, 11) is 1.53. The Labute approximate surface area is 170 Å². The smallest absolute Gasteiger partial charge is 0.254 e. The van der Waals surface area contributed by atoms with E-state index in [4.69, 9.17) is 21.1 Å². The zero-order chi connectivity index (χ0) is 18.5. The van der Waals surface area contributed by atoms with E-state index in [2.05, 4.69) is 10.3 Å². The Kier molecular flexibility index (Phi) is 7.71. The zero-order valence-electron chi connectivity index (χ0n) is 15.3. The number of hydrogen-bond donors (Lipinski definition) is 1. The van der Waals surface area contributed by atoms with E-state index >= 15 is 0 Å². The van der Waals surface area contributed by atoms with Gasteiger partial charge in [0, 0.05) is 37.6 Å². The summed E-state index contributed by atoms with van der Waals surface area (Å²) in [4.78, 5) is 19.2. The molecule has 1 amide bonds. The molecule has 1 unspecified atom stereocenters. The average Bonchev–Trinajstić information content (AvgIpc) is 2.69. The van der Waals surface area contributed by atoms with Crippen LogP contribution >= 0.6 is 24.0 Å². The number of aromatic nitrogens is 1. The van der Waals surface area contributed by atoms with Crippen LogP contribution in [0.25, 0.3) is 0 Å². The number of ether oxygens (including phenoxy) is 2. The van der Waals surface area contributed by atoms with Gasteiger partial charge in [-0.1, -0.05) is 17.7 Å². The van der Waals surface area contributed by atoms with E-state index in [1.165, 1.54) is 7.11 Å². The fraction of sp³-hybridized carbons (Fsp3) is 0.368. The van der Waals surface area contributed by atoms with E-state index in [0.29, 0.717) is 41.8 Å². The van der Waals surface area contributed by atoms with Gasteiger partial charge in [0.05, 0.1) is 24.8 Å². The van der Waals surface area contributed by atoms with Crippen molar-refractivity contribution in [1.29, 1.82) is 0 Å². The first-order chi connectivity index (χ1) is 12.7. The number of carbonyl (C=O) groups excluding carboxylic acids is 1. The summed E-state index contributed by atoms with van der Waals surface area (Å²) in [6.07, 6.45) is 3.52. The summed E-state index contributed by atoms with van der Waals surface area (Å²) in [6.45, 7) is 4.35. The molecule has 2 heterocycles. The Morgan fingerprint density at radius 3 is 2.93 bits per heavy atom. The SMILES string of the molecule is CCOc1c(Cl)cc(C(=O)N2CCNCC2c2cccnc2)cc1OC.Cl. The molecule has 1 fully saturated rings. The quantitative estimate of drug-likeness (QED) is 0.816. The molecule has 8 heteroatoms. The van der Waals surface area contributed by atoms with Crippen LogP contribution in [0.1, 0.15) is 28.9 Å². The van der Waals surface area contributed by atoms with Gasteiger partial charge in [-0.2, -0.15) is 0 Å². The van der Waals surface area contributed by atoms with Gasteiger partial charge in [-0.25, -0.2) is 0 Å². The molecule has 0 bridgehead atoms. The third-order valence-corrected chi connectivity index (χ3v) is 4.62. The highest BCUT2D eigenvalue weighted by atomic mass is 35.5. The lowest BCUT2D eigenvalue weighted by Crippen LogP contribution is -2.48. The van der Waals surface area contributed by atoms with Crippen molar-refractivity contribution in [3.63, 3.8) is 0 Å². The third kappa shape index (κ3) is 4.64. The van der Waals surface area contributed by atoms with Crippen molar-refractivity contribution in [2.75, 3.05) is 33.4 Å². The van der Waals surface area contributed by atoms with Crippen molar-refractivity contribution < 1.29 is 14.3 Å². The number of amides is 1. The number of pyridine rings is 1. The maximum Gasteiger partial charge on any atom is 0.254 e. The molecular weight excluding hydrogens is 389 g/mol. The number of piperazine rings is 1. The summed E-state index contributed by atoms with van der Waals surface area (Å²) < 4.78 is 10.9. The van der Waals surface area contributed by atoms with Crippen LogP contribution in [-0.4, -0.2) is 49.1 Å². The molecule has 0 aliphatic carbocycles. The van der Waals surface area contributed by atoms with Crippen molar-refractivity contribution >= 4 is 29.9 Å². The first kappa shape index (κ1) is 21.3. The van der Waals surface area contributed by atoms with Crippen molar-refractivity contribution in [2.45, 2.75) is 13.0 Å². The van der Waals surface area contributed by atoms with Crippen LogP contribution in [0.2, 0.25) is 5.02 Å². The number of rotatable bonds is 5. The van der Waals surface area contributed by atoms with E-state index in [0.717, 1.165) is 12.1 Å². The molecule has 1 atom stereocenters. The second-order valence-electron chi connectivity index (χ2n) is 5.93. The van der Waals surface area contributed by atoms with Gasteiger partial charge in [0.2, 0.25) is 0 Å². The molecule has 1 N–H and O–H groups in total. The standard InChI is InChI=1S/C19H22ClN3O3.ClH/c1-3-26-18-15(20)9-14(10-17(18)25-2)19(24)23-8-7-22-12-16(23)13-5-4-6-21-11-13;/h4-6,9-11,16,22H,3,7-8,12H2,1-2H3;1H. The largest absolute Gasteiger partial charge is 0.493 e. The number of hydrogen-bond acceptors (Lipinski definition) is 5. The Balaban J connectivity index is 0.00000261. The molecule has 1 aliphatic heterocycles. The van der Waals surface area contributed by atoms with Crippen LogP contribution in [0.15, 0.2) is 36.7 Å². The fourth-order valence-electron chi connectivity index (χ4n) is 3.11. The predicted octanol–water partition coefficient (Wildman–Crippen LogP) is 3.35. The molecular formula is C19H23Cl2N3O3. The van der Waals surface area contributed by atoms with Crippen LogP contribution in [-0.2, 0) is 0 Å². The summed E-state index contributed by atoms with van der Waals surface area (Å²) in [5, 5.41) is 3.70. The maximum atomic E-state index is 13.2. The van der Waals surface area contributed by atoms with E-state index in [1.807, 2.05) is 24.0 Å². The van der Waals surface area contributed by atoms with Crippen molar-refractivity contribution in [3.8, 4) is 11.5 Å². The third-order valence-electron chi connectivity index (χ3n) is 4.34. The molecule has 1 saturated heterocycles. The van der Waals surface area contributed by atoms with Crippen molar-refractivity contribution in [2.24, 2.45) is 0 Å². The van der Waals surface area contributed by atoms with E-state index in [1.54, 1.807) is 24.5 Å². The van der Waals surface area contributed by atoms with Gasteiger partial charge in [-0.15, -0.1) is 12.4 Å². The topological polar surface area (TPSA) is 63.7 Å². The van der Waals surface area contributed by atoms with Crippen molar-refractivity contribution in [3.05, 3.63) is 52.8 Å². The Hall–Kier alpha value is -2.02. The molecule has 0 radical (unpaired) electrons. The van der Waals surface area contributed by atoms with Crippen LogP contribution in [0.3, 0.4) is 0 Å². The van der Waals surface area contributed by atoms with Gasteiger partial charge in [0.15, 0.2) is 11.5 Å². The normalized spacial score (nSPS) is 16.4. The molecule has 6 nitrogen and oxygen atoms in total. The van der Waals surface area contributed by atoms with Gasteiger partial charge in [0.25, 0.3) is 5.91 Å². The Morgan fingerprint density at radius 2 is 2.26 bits per heavy atom.